The van der Waals surface area contributed by atoms with Gasteiger partial charge in [-0.05, 0) is 85.2 Å². The van der Waals surface area contributed by atoms with Gasteiger partial charge >= 0.3 is 0 Å². The number of nitrogens with zero attached hydrogens (tertiary/aromatic N) is 4. The van der Waals surface area contributed by atoms with Gasteiger partial charge in [-0.1, -0.05) is 182 Å². The van der Waals surface area contributed by atoms with Crippen molar-refractivity contribution in [2.45, 2.75) is 0 Å². The molecule has 0 fully saturated rings. The first-order valence-electron chi connectivity index (χ1n) is 21.0. The minimum absolute atomic E-state index is 0.685. The molecule has 0 spiro atoms. The molecular weight excluding hydrogens is 753 g/mol. The fourth-order valence-electron chi connectivity index (χ4n) is 8.92. The Labute approximate surface area is 358 Å². The molecule has 12 aromatic rings. The van der Waals surface area contributed by atoms with Crippen LogP contribution in [0.15, 0.2) is 218 Å². The maximum absolute atomic E-state index is 5.34. The van der Waals surface area contributed by atoms with Crippen molar-refractivity contribution < 1.29 is 0 Å². The molecule has 0 bridgehead atoms. The van der Waals surface area contributed by atoms with Gasteiger partial charge in [0.2, 0.25) is 0 Å². The van der Waals surface area contributed by atoms with Crippen LogP contribution in [-0.2, 0) is 0 Å². The smallest absolute Gasteiger partial charge is 0.161 e. The average molecular weight is 789 g/mol. The molecule has 62 heavy (non-hydrogen) atoms. The lowest BCUT2D eigenvalue weighted by atomic mass is 9.92. The van der Waals surface area contributed by atoms with Crippen molar-refractivity contribution in [1.29, 1.82) is 0 Å². The molecule has 4 heteroatoms. The van der Waals surface area contributed by atoms with Crippen molar-refractivity contribution in [2.75, 3.05) is 0 Å². The van der Waals surface area contributed by atoms with Gasteiger partial charge in [-0.2, -0.15) is 0 Å². The van der Waals surface area contributed by atoms with E-state index in [1.807, 2.05) is 24.3 Å². The van der Waals surface area contributed by atoms with E-state index in [9.17, 15) is 0 Å². The third kappa shape index (κ3) is 6.25. The van der Waals surface area contributed by atoms with Gasteiger partial charge in [-0.15, -0.1) is 0 Å². The Bertz CT molecular complexity index is 3590. The summed E-state index contributed by atoms with van der Waals surface area (Å²) in [5.74, 6) is 1.39. The van der Waals surface area contributed by atoms with Crippen LogP contribution in [0.25, 0.3) is 122 Å². The van der Waals surface area contributed by atoms with Crippen LogP contribution in [0, 0.1) is 0 Å². The van der Waals surface area contributed by atoms with Crippen LogP contribution in [0.1, 0.15) is 0 Å². The van der Waals surface area contributed by atoms with Crippen LogP contribution in [0.4, 0.5) is 0 Å². The second-order valence-electron chi connectivity index (χ2n) is 15.8. The first-order valence-corrected chi connectivity index (χ1v) is 21.0. The number of hydrogen-bond donors (Lipinski definition) is 0. The fourth-order valence-corrected chi connectivity index (χ4v) is 8.92. The van der Waals surface area contributed by atoms with E-state index in [2.05, 4.69) is 194 Å². The summed E-state index contributed by atoms with van der Waals surface area (Å²) >= 11 is 0. The van der Waals surface area contributed by atoms with E-state index in [-0.39, 0.29) is 0 Å². The second kappa shape index (κ2) is 14.7. The van der Waals surface area contributed by atoms with Gasteiger partial charge in [-0.3, -0.25) is 0 Å². The molecular formula is C58H36N4. The van der Waals surface area contributed by atoms with E-state index < -0.39 is 0 Å². The van der Waals surface area contributed by atoms with E-state index in [1.165, 1.54) is 21.5 Å². The summed E-state index contributed by atoms with van der Waals surface area (Å²) in [4.78, 5) is 21.1. The molecule has 0 amide bonds. The number of aromatic nitrogens is 4. The van der Waals surface area contributed by atoms with Crippen molar-refractivity contribution >= 4 is 54.0 Å². The molecule has 0 saturated heterocycles. The topological polar surface area (TPSA) is 51.6 Å². The highest BCUT2D eigenvalue weighted by molar-refractivity contribution is 6.12. The number of fused-ring (bicyclic) bond motifs is 6. The van der Waals surface area contributed by atoms with Gasteiger partial charge in [0, 0.05) is 38.6 Å². The largest absolute Gasteiger partial charge is 0.228 e. The maximum atomic E-state index is 5.34. The van der Waals surface area contributed by atoms with Crippen LogP contribution >= 0.6 is 0 Å². The molecule has 288 valence electrons. The molecule has 0 N–H and O–H groups in total. The van der Waals surface area contributed by atoms with Gasteiger partial charge in [0.1, 0.15) is 0 Å². The van der Waals surface area contributed by atoms with Crippen molar-refractivity contribution in [1.82, 2.24) is 19.9 Å². The summed E-state index contributed by atoms with van der Waals surface area (Å²) in [6.45, 7) is 0. The van der Waals surface area contributed by atoms with Gasteiger partial charge in [-0.25, -0.2) is 19.9 Å². The summed E-state index contributed by atoms with van der Waals surface area (Å²) in [5.41, 5.74) is 11.0. The number of rotatable bonds is 6. The summed E-state index contributed by atoms with van der Waals surface area (Å²) in [5, 5.41) is 10.2. The minimum Gasteiger partial charge on any atom is -0.228 e. The van der Waals surface area contributed by atoms with Crippen LogP contribution in [0.3, 0.4) is 0 Å². The third-order valence-corrected chi connectivity index (χ3v) is 12.1. The van der Waals surface area contributed by atoms with E-state index in [0.717, 1.165) is 88.5 Å². The standard InChI is InChI=1S/C58H36N4/c1-3-15-40(16-4-1)55-51-30-29-39-25-26-44(35-52(39)56(51)62-57(61-55)41-17-5-2-6-18-41)47-31-32-50(49-22-12-11-21-48(47)49)58-59-53(45-27-23-37-13-7-9-19-42(37)33-45)36-54(60-58)46-28-24-38-14-8-10-20-43(38)34-46/h1-36H. The highest BCUT2D eigenvalue weighted by Crippen LogP contribution is 2.40. The highest BCUT2D eigenvalue weighted by atomic mass is 14.9. The third-order valence-electron chi connectivity index (χ3n) is 12.1. The van der Waals surface area contributed by atoms with Gasteiger partial charge < -0.3 is 0 Å². The zero-order valence-electron chi connectivity index (χ0n) is 33.6. The van der Waals surface area contributed by atoms with Crippen molar-refractivity contribution in [3.63, 3.8) is 0 Å². The first-order chi connectivity index (χ1) is 30.7. The normalized spacial score (nSPS) is 11.5. The van der Waals surface area contributed by atoms with E-state index >= 15 is 0 Å². The van der Waals surface area contributed by atoms with Crippen LogP contribution in [0.5, 0.6) is 0 Å². The van der Waals surface area contributed by atoms with Crippen molar-refractivity contribution in [2.24, 2.45) is 0 Å². The van der Waals surface area contributed by atoms with Crippen molar-refractivity contribution in [3.05, 3.63) is 218 Å². The van der Waals surface area contributed by atoms with Gasteiger partial charge in [0.25, 0.3) is 0 Å². The zero-order chi connectivity index (χ0) is 41.0. The summed E-state index contributed by atoms with van der Waals surface area (Å²) < 4.78 is 0. The Balaban J connectivity index is 1.04. The van der Waals surface area contributed by atoms with E-state index in [1.54, 1.807) is 0 Å². The summed E-state index contributed by atoms with van der Waals surface area (Å²) in [6.07, 6.45) is 0. The Morgan fingerprint density at radius 2 is 0.758 bits per heavy atom. The number of hydrogen-bond acceptors (Lipinski definition) is 4. The molecule has 10 aromatic carbocycles. The lowest BCUT2D eigenvalue weighted by Crippen LogP contribution is -1.97. The molecule has 2 heterocycles. The lowest BCUT2D eigenvalue weighted by molar-refractivity contribution is 1.19. The average Bonchev–Trinajstić information content (AvgIpc) is 3.35. The van der Waals surface area contributed by atoms with Crippen molar-refractivity contribution in [3.8, 4) is 67.7 Å². The molecule has 0 aliphatic heterocycles. The van der Waals surface area contributed by atoms with Crippen LogP contribution in [-0.4, -0.2) is 19.9 Å². The van der Waals surface area contributed by atoms with Gasteiger partial charge in [0.05, 0.1) is 22.6 Å². The van der Waals surface area contributed by atoms with E-state index in [4.69, 9.17) is 19.9 Å². The Morgan fingerprint density at radius 3 is 1.42 bits per heavy atom. The predicted molar refractivity (Wildman–Crippen MR) is 258 cm³/mol. The molecule has 0 atom stereocenters. The monoisotopic (exact) mass is 788 g/mol. The molecule has 0 aliphatic rings. The fraction of sp³-hybridized carbons (Fsp3) is 0. The molecule has 0 aliphatic carbocycles. The minimum atomic E-state index is 0.685. The molecule has 0 unspecified atom stereocenters. The molecule has 2 aromatic heterocycles. The Hall–Kier alpha value is -8.34. The SMILES string of the molecule is c1ccc(-c2nc(-c3ccccc3)c3ccc4ccc(-c5ccc(-c6nc(-c7ccc8ccccc8c7)cc(-c7ccc8ccccc8c7)n6)c6ccccc56)cc4c3n2)cc1. The molecule has 4 nitrogen and oxygen atoms in total. The Kier molecular flexibility index (Phi) is 8.46. The van der Waals surface area contributed by atoms with Crippen LogP contribution in [0.2, 0.25) is 0 Å². The molecule has 12 rings (SSSR count). The van der Waals surface area contributed by atoms with Gasteiger partial charge in [0.15, 0.2) is 11.6 Å². The second-order valence-corrected chi connectivity index (χ2v) is 15.8. The van der Waals surface area contributed by atoms with E-state index in [0.29, 0.717) is 11.6 Å². The van der Waals surface area contributed by atoms with Crippen LogP contribution < -0.4 is 0 Å². The quantitative estimate of drug-likeness (QED) is 0.158. The Morgan fingerprint density at radius 1 is 0.242 bits per heavy atom. The maximum Gasteiger partial charge on any atom is 0.161 e. The first kappa shape index (κ1) is 35.6. The summed E-state index contributed by atoms with van der Waals surface area (Å²) in [6, 6.07) is 77.0. The summed E-state index contributed by atoms with van der Waals surface area (Å²) in [7, 11) is 0. The zero-order valence-corrected chi connectivity index (χ0v) is 33.6. The predicted octanol–water partition coefficient (Wildman–Crippen LogP) is 15.0. The number of benzene rings is 10. The lowest BCUT2D eigenvalue weighted by Gasteiger charge is -2.15. The molecule has 0 radical (unpaired) electrons. The highest BCUT2D eigenvalue weighted by Gasteiger charge is 2.18. The molecule has 0 saturated carbocycles.